The molecule has 2 fully saturated rings. The number of allylic oxidation sites excluding steroid dienone is 1. The molecule has 4 rings (SSSR count). The van der Waals surface area contributed by atoms with E-state index in [-0.39, 0.29) is 59.1 Å². The van der Waals surface area contributed by atoms with E-state index < -0.39 is 0 Å². The number of methoxy groups -OCH3 is 1. The zero-order valence-corrected chi connectivity index (χ0v) is 39.0. The molecule has 9 heteroatoms. The minimum absolute atomic E-state index is 0. The average molecular weight is 817 g/mol. The third-order valence-electron chi connectivity index (χ3n) is 8.52. The normalized spacial score (nSPS) is 14.8. The first-order valence-electron chi connectivity index (χ1n) is 18.4. The van der Waals surface area contributed by atoms with Gasteiger partial charge in [0.05, 0.1) is 23.4 Å². The minimum atomic E-state index is -0.302. The number of aromatic nitrogens is 2. The van der Waals surface area contributed by atoms with Crippen LogP contribution in [0.25, 0.3) is 0 Å². The van der Waals surface area contributed by atoms with Gasteiger partial charge in [-0.25, -0.2) is 0 Å². The van der Waals surface area contributed by atoms with Gasteiger partial charge in [-0.05, 0) is 114 Å². The summed E-state index contributed by atoms with van der Waals surface area (Å²) in [6.45, 7) is 30.2. The van der Waals surface area contributed by atoms with Crippen molar-refractivity contribution in [3.05, 3.63) is 83.0 Å². The average Bonchev–Trinajstić information content (AvgIpc) is 3.82. The van der Waals surface area contributed by atoms with Gasteiger partial charge >= 0.3 is 34.3 Å². The third kappa shape index (κ3) is 24.7. The predicted molar refractivity (Wildman–Crippen MR) is 232 cm³/mol. The number of carbonyl (C=O) groups is 1. The van der Waals surface area contributed by atoms with E-state index in [0.29, 0.717) is 10.3 Å². The van der Waals surface area contributed by atoms with Crippen LogP contribution in [0.3, 0.4) is 0 Å². The Labute approximate surface area is 341 Å². The monoisotopic (exact) mass is 816 g/mol. The van der Waals surface area contributed by atoms with Crippen molar-refractivity contribution >= 4 is 32.7 Å². The van der Waals surface area contributed by atoms with Crippen LogP contribution in [0.4, 0.5) is 0 Å². The van der Waals surface area contributed by atoms with E-state index in [1.807, 2.05) is 44.4 Å². The molecule has 0 aliphatic heterocycles. The van der Waals surface area contributed by atoms with Gasteiger partial charge in [-0.3, -0.25) is 14.8 Å². The van der Waals surface area contributed by atoms with Crippen molar-refractivity contribution in [2.45, 2.75) is 161 Å². The Kier molecular flexibility index (Phi) is 38.9. The minimum Gasteiger partial charge on any atom is -0.358 e. The van der Waals surface area contributed by atoms with Gasteiger partial charge in [0.1, 0.15) is 0 Å². The summed E-state index contributed by atoms with van der Waals surface area (Å²) in [4.78, 5) is 20.2. The van der Waals surface area contributed by atoms with Gasteiger partial charge in [-0.1, -0.05) is 106 Å². The molecular formula is C44H78FeN2O4P2. The van der Waals surface area contributed by atoms with E-state index >= 15 is 0 Å². The number of esters is 1. The van der Waals surface area contributed by atoms with Crippen LogP contribution >= 0.6 is 15.8 Å². The summed E-state index contributed by atoms with van der Waals surface area (Å²) in [5.41, 5.74) is 4.23. The molecule has 0 radical (unpaired) electrons. The van der Waals surface area contributed by atoms with Gasteiger partial charge in [0, 0.05) is 19.5 Å². The molecule has 2 heterocycles. The van der Waals surface area contributed by atoms with E-state index in [4.69, 9.17) is 9.76 Å². The van der Waals surface area contributed by atoms with Crippen LogP contribution in [0.1, 0.15) is 140 Å². The first-order valence-corrected chi connectivity index (χ1v) is 21.2. The molecule has 0 spiro atoms. The molecular weight excluding hydrogens is 738 g/mol. The topological polar surface area (TPSA) is 92.2 Å². The van der Waals surface area contributed by atoms with E-state index in [9.17, 15) is 4.79 Å². The molecule has 2 saturated carbocycles. The van der Waals surface area contributed by atoms with E-state index in [1.54, 1.807) is 0 Å². The fourth-order valence-corrected chi connectivity index (χ4v) is 13.4. The number of hydrogen-bond donors (Lipinski definition) is 1. The van der Waals surface area contributed by atoms with Crippen LogP contribution in [0.15, 0.2) is 61.4 Å². The van der Waals surface area contributed by atoms with Crippen molar-refractivity contribution < 1.29 is 36.4 Å². The number of hydrogen-bond acceptors (Lipinski definition) is 5. The van der Waals surface area contributed by atoms with Crippen molar-refractivity contribution in [2.24, 2.45) is 5.41 Å². The number of rotatable bonds is 8. The van der Waals surface area contributed by atoms with Gasteiger partial charge in [0.2, 0.25) is 0 Å². The molecule has 0 aromatic carbocycles. The van der Waals surface area contributed by atoms with Crippen LogP contribution in [-0.2, 0) is 31.3 Å². The fourth-order valence-electron chi connectivity index (χ4n) is 6.48. The molecule has 0 amide bonds. The number of pyridine rings is 2. The van der Waals surface area contributed by atoms with Crippen molar-refractivity contribution in [3.63, 3.8) is 0 Å². The molecule has 2 unspecified atom stereocenters. The molecule has 53 heavy (non-hydrogen) atoms. The Morgan fingerprint density at radius 3 is 1.34 bits per heavy atom. The smallest absolute Gasteiger partial charge is 0.358 e. The van der Waals surface area contributed by atoms with E-state index in [2.05, 4.69) is 108 Å². The standard InChI is InChI=1S/2C14H22NP.C8H16O2.C4H8.CH4O.CO.2CH3.Fe/c2*1-14(2,3)16(12-8-4-5-9-12)13-10-6-7-11-15-13;1-5-6-8(2,3)7(9)10-4;1-3-4-2;2*1-2;;;/h2*6-7,10-12H,4-5,8-9H2,1-3H3;5-6H2,1-4H3;3H,1,4H2,2H3;2H,1H3;;2*1H3;/q;;;;;;2*-1;+2. The van der Waals surface area contributed by atoms with Crippen molar-refractivity contribution in [2.75, 3.05) is 14.2 Å². The number of aliphatic hydroxyl groups is 1. The summed E-state index contributed by atoms with van der Waals surface area (Å²) in [7, 11) is 2.21. The van der Waals surface area contributed by atoms with E-state index in [0.717, 1.165) is 37.7 Å². The summed E-state index contributed by atoms with van der Waals surface area (Å²) in [5, 5.41) is 7.78. The van der Waals surface area contributed by atoms with Crippen LogP contribution in [0, 0.1) is 26.9 Å². The molecule has 6 nitrogen and oxygen atoms in total. The Bertz CT molecular complexity index is 1070. The summed E-state index contributed by atoms with van der Waals surface area (Å²) in [5.74, 6) is -0.116. The summed E-state index contributed by atoms with van der Waals surface area (Å²) in [6.07, 6.45) is 20.1. The number of aliphatic hydroxyl groups excluding tert-OH is 1. The van der Waals surface area contributed by atoms with Crippen LogP contribution in [0.2, 0.25) is 0 Å². The molecule has 0 bridgehead atoms. The molecule has 2 aromatic heterocycles. The maximum Gasteiger partial charge on any atom is 2.00 e. The van der Waals surface area contributed by atoms with Crippen LogP contribution < -0.4 is 10.9 Å². The van der Waals surface area contributed by atoms with Gasteiger partial charge in [0.25, 0.3) is 0 Å². The molecule has 2 aliphatic rings. The van der Waals surface area contributed by atoms with Crippen molar-refractivity contribution in [1.82, 2.24) is 9.97 Å². The molecule has 2 aliphatic carbocycles. The van der Waals surface area contributed by atoms with Gasteiger partial charge in [-0.2, -0.15) is 0 Å². The first kappa shape index (κ1) is 60.8. The van der Waals surface area contributed by atoms with Gasteiger partial charge in [-0.15, -0.1) is 6.58 Å². The summed E-state index contributed by atoms with van der Waals surface area (Å²) >= 11 is 0. The fraction of sp³-hybridized carbons (Fsp3) is 0.636. The van der Waals surface area contributed by atoms with Crippen LogP contribution in [-0.4, -0.2) is 56.9 Å². The largest absolute Gasteiger partial charge is 2.00 e. The summed E-state index contributed by atoms with van der Waals surface area (Å²) in [6, 6.07) is 12.8. The Morgan fingerprint density at radius 1 is 0.811 bits per heavy atom. The maximum atomic E-state index is 11.0. The van der Waals surface area contributed by atoms with E-state index in [1.165, 1.54) is 69.3 Å². The second kappa shape index (κ2) is 33.9. The predicted octanol–water partition coefficient (Wildman–Crippen LogP) is 11.9. The second-order valence-corrected chi connectivity index (χ2v) is 21.7. The van der Waals surface area contributed by atoms with Gasteiger partial charge in [0.15, 0.2) is 0 Å². The summed E-state index contributed by atoms with van der Waals surface area (Å²) < 4.78 is 12.1. The molecule has 1 N–H and O–H groups in total. The zero-order chi connectivity index (χ0) is 38.8. The quantitative estimate of drug-likeness (QED) is 0.0715. The Morgan fingerprint density at radius 2 is 1.13 bits per heavy atom. The van der Waals surface area contributed by atoms with Crippen LogP contribution in [0.5, 0.6) is 0 Å². The third-order valence-corrected chi connectivity index (χ3v) is 15.4. The Balaban J connectivity index is -0.000000197. The Hall–Kier alpha value is -1.41. The number of ether oxygens (including phenoxy) is 1. The number of carbonyl (C=O) groups excluding carboxylic acids is 1. The van der Waals surface area contributed by atoms with Crippen molar-refractivity contribution in [1.29, 1.82) is 0 Å². The first-order chi connectivity index (χ1) is 23.6. The molecule has 306 valence electrons. The molecule has 2 aromatic rings. The van der Waals surface area contributed by atoms with Gasteiger partial charge < -0.3 is 24.7 Å². The molecule has 2 atom stereocenters. The second-order valence-electron chi connectivity index (χ2n) is 15.2. The molecule has 0 saturated heterocycles. The number of nitrogens with zero attached hydrogens (tertiary/aromatic N) is 2. The zero-order valence-electron chi connectivity index (χ0n) is 36.2. The van der Waals surface area contributed by atoms with Crippen molar-refractivity contribution in [3.8, 4) is 0 Å². The SMILES string of the molecule is C=CCC.CC(C)(C)P(c1ccccn1)C1CCCC1.CC(C)(C)P(c1ccccn1)C1CCCC1.CCCC(C)(C)C(=O)OC.CO.[C-]#[O+].[CH3-].[CH3-].[Fe+2]. The maximum absolute atomic E-state index is 11.0.